The summed E-state index contributed by atoms with van der Waals surface area (Å²) in [5.74, 6) is 0.501. The van der Waals surface area contributed by atoms with E-state index in [2.05, 4.69) is 0 Å². The first-order chi connectivity index (χ1) is 9.48. The molecule has 20 heavy (non-hydrogen) atoms. The molecule has 2 rings (SSSR count). The number of rotatable bonds is 7. The maximum absolute atomic E-state index is 12.7. The molecule has 0 unspecified atom stereocenters. The zero-order valence-electron chi connectivity index (χ0n) is 11.5. The summed E-state index contributed by atoms with van der Waals surface area (Å²) >= 11 is 5.91. The second kappa shape index (κ2) is 6.43. The van der Waals surface area contributed by atoms with E-state index in [1.54, 1.807) is 4.31 Å². The molecule has 1 aliphatic carbocycles. The smallest absolute Gasteiger partial charge is 0.243 e. The van der Waals surface area contributed by atoms with E-state index >= 15 is 0 Å². The fraction of sp³-hybridized carbons (Fsp3) is 0.571. The highest BCUT2D eigenvalue weighted by molar-refractivity contribution is 7.89. The zero-order chi connectivity index (χ0) is 14.8. The van der Waals surface area contributed by atoms with Crippen LogP contribution in [0.5, 0.6) is 0 Å². The standard InChI is InChI=1S/C14H20ClNO3S/c1-2-7-16(9-11-3-4-11)20(18,19)13-5-6-14(15)12(8-13)10-17/h5-6,8,11,17H,2-4,7,9-10H2,1H3. The van der Waals surface area contributed by atoms with Crippen LogP contribution in [0.25, 0.3) is 0 Å². The molecule has 0 saturated heterocycles. The van der Waals surface area contributed by atoms with Crippen molar-refractivity contribution in [3.63, 3.8) is 0 Å². The largest absolute Gasteiger partial charge is 0.392 e. The normalized spacial score (nSPS) is 15.8. The van der Waals surface area contributed by atoms with Crippen molar-refractivity contribution in [2.24, 2.45) is 5.92 Å². The highest BCUT2D eigenvalue weighted by Crippen LogP contribution is 2.32. The van der Waals surface area contributed by atoms with Gasteiger partial charge in [-0.1, -0.05) is 18.5 Å². The summed E-state index contributed by atoms with van der Waals surface area (Å²) < 4.78 is 26.9. The van der Waals surface area contributed by atoms with E-state index in [1.807, 2.05) is 6.92 Å². The quantitative estimate of drug-likeness (QED) is 0.841. The van der Waals surface area contributed by atoms with Gasteiger partial charge in [-0.05, 0) is 48.9 Å². The number of hydrogen-bond acceptors (Lipinski definition) is 3. The van der Waals surface area contributed by atoms with Gasteiger partial charge in [0, 0.05) is 18.1 Å². The average Bonchev–Trinajstić information content (AvgIpc) is 3.22. The molecule has 1 N–H and O–H groups in total. The number of benzene rings is 1. The lowest BCUT2D eigenvalue weighted by molar-refractivity contribution is 0.281. The van der Waals surface area contributed by atoms with Gasteiger partial charge >= 0.3 is 0 Å². The molecular formula is C14H20ClNO3S. The molecule has 0 atom stereocenters. The predicted octanol–water partition coefficient (Wildman–Crippen LogP) is 2.64. The third-order valence-corrected chi connectivity index (χ3v) is 5.69. The molecule has 1 aliphatic rings. The first kappa shape index (κ1) is 15.8. The zero-order valence-corrected chi connectivity index (χ0v) is 13.1. The van der Waals surface area contributed by atoms with E-state index < -0.39 is 10.0 Å². The lowest BCUT2D eigenvalue weighted by Gasteiger charge is -2.22. The molecule has 0 bridgehead atoms. The van der Waals surface area contributed by atoms with Crippen LogP contribution < -0.4 is 0 Å². The average molecular weight is 318 g/mol. The Bertz CT molecular complexity index is 570. The topological polar surface area (TPSA) is 57.6 Å². The Hall–Kier alpha value is -0.620. The molecule has 0 heterocycles. The Morgan fingerprint density at radius 2 is 2.10 bits per heavy atom. The fourth-order valence-electron chi connectivity index (χ4n) is 2.13. The molecule has 1 saturated carbocycles. The predicted molar refractivity (Wildman–Crippen MR) is 79.1 cm³/mol. The molecule has 4 nitrogen and oxygen atoms in total. The molecule has 1 aromatic rings. The minimum Gasteiger partial charge on any atom is -0.392 e. The summed E-state index contributed by atoms with van der Waals surface area (Å²) in [6.45, 7) is 2.82. The van der Waals surface area contributed by atoms with Crippen molar-refractivity contribution in [1.29, 1.82) is 0 Å². The van der Waals surface area contributed by atoms with Gasteiger partial charge in [0.25, 0.3) is 0 Å². The van der Waals surface area contributed by atoms with E-state index in [1.165, 1.54) is 18.2 Å². The highest BCUT2D eigenvalue weighted by atomic mass is 35.5. The van der Waals surface area contributed by atoms with E-state index in [-0.39, 0.29) is 11.5 Å². The van der Waals surface area contributed by atoms with Crippen LogP contribution in [0, 0.1) is 5.92 Å². The van der Waals surface area contributed by atoms with Gasteiger partial charge < -0.3 is 5.11 Å². The minimum atomic E-state index is -3.50. The van der Waals surface area contributed by atoms with Gasteiger partial charge in [0.2, 0.25) is 10.0 Å². The molecule has 1 fully saturated rings. The summed E-state index contributed by atoms with van der Waals surface area (Å²) in [4.78, 5) is 0.208. The van der Waals surface area contributed by atoms with Crippen LogP contribution in [0.3, 0.4) is 0 Å². The summed E-state index contributed by atoms with van der Waals surface area (Å²) in [6.07, 6.45) is 3.00. The molecule has 0 aromatic heterocycles. The Morgan fingerprint density at radius 1 is 1.40 bits per heavy atom. The molecule has 0 amide bonds. The van der Waals surface area contributed by atoms with Crippen molar-refractivity contribution in [1.82, 2.24) is 4.31 Å². The highest BCUT2D eigenvalue weighted by Gasteiger charge is 2.31. The van der Waals surface area contributed by atoms with Gasteiger partial charge in [-0.2, -0.15) is 4.31 Å². The molecule has 0 radical (unpaired) electrons. The van der Waals surface area contributed by atoms with E-state index in [4.69, 9.17) is 11.6 Å². The monoisotopic (exact) mass is 317 g/mol. The summed E-state index contributed by atoms with van der Waals surface area (Å²) in [5.41, 5.74) is 0.440. The van der Waals surface area contributed by atoms with Crippen LogP contribution in [0.1, 0.15) is 31.7 Å². The van der Waals surface area contributed by atoms with Crippen LogP contribution in [0.4, 0.5) is 0 Å². The third-order valence-electron chi connectivity index (χ3n) is 3.46. The lowest BCUT2D eigenvalue weighted by atomic mass is 10.2. The Labute approximate surface area is 125 Å². The summed E-state index contributed by atoms with van der Waals surface area (Å²) in [7, 11) is -3.50. The van der Waals surface area contributed by atoms with E-state index in [0.717, 1.165) is 19.3 Å². The number of hydrogen-bond donors (Lipinski definition) is 1. The van der Waals surface area contributed by atoms with Crippen LogP contribution in [-0.2, 0) is 16.6 Å². The van der Waals surface area contributed by atoms with Crippen LogP contribution >= 0.6 is 11.6 Å². The second-order valence-electron chi connectivity index (χ2n) is 5.22. The van der Waals surface area contributed by atoms with Crippen molar-refractivity contribution in [2.45, 2.75) is 37.7 Å². The molecule has 6 heteroatoms. The van der Waals surface area contributed by atoms with Crippen LogP contribution in [0.2, 0.25) is 5.02 Å². The Morgan fingerprint density at radius 3 is 2.65 bits per heavy atom. The van der Waals surface area contributed by atoms with Crippen molar-refractivity contribution in [3.05, 3.63) is 28.8 Å². The van der Waals surface area contributed by atoms with Gasteiger partial charge in [-0.3, -0.25) is 0 Å². The first-order valence-corrected chi connectivity index (χ1v) is 8.70. The number of aliphatic hydroxyl groups excluding tert-OH is 1. The van der Waals surface area contributed by atoms with Gasteiger partial charge in [-0.15, -0.1) is 0 Å². The van der Waals surface area contributed by atoms with Crippen molar-refractivity contribution >= 4 is 21.6 Å². The maximum Gasteiger partial charge on any atom is 0.243 e. The number of halogens is 1. The first-order valence-electron chi connectivity index (χ1n) is 6.88. The lowest BCUT2D eigenvalue weighted by Crippen LogP contribution is -2.33. The van der Waals surface area contributed by atoms with Crippen molar-refractivity contribution < 1.29 is 13.5 Å². The maximum atomic E-state index is 12.7. The van der Waals surface area contributed by atoms with Gasteiger partial charge in [0.1, 0.15) is 0 Å². The van der Waals surface area contributed by atoms with Gasteiger partial charge in [-0.25, -0.2) is 8.42 Å². The van der Waals surface area contributed by atoms with Gasteiger partial charge in [0.05, 0.1) is 11.5 Å². The second-order valence-corrected chi connectivity index (χ2v) is 7.56. The number of aliphatic hydroxyl groups is 1. The molecule has 0 spiro atoms. The Balaban J connectivity index is 2.30. The molecule has 1 aromatic carbocycles. The van der Waals surface area contributed by atoms with Crippen molar-refractivity contribution in [3.8, 4) is 0 Å². The minimum absolute atomic E-state index is 0.208. The molecular weight excluding hydrogens is 298 g/mol. The van der Waals surface area contributed by atoms with Gasteiger partial charge in [0.15, 0.2) is 0 Å². The van der Waals surface area contributed by atoms with Crippen LogP contribution in [-0.4, -0.2) is 30.9 Å². The van der Waals surface area contributed by atoms with Crippen LogP contribution in [0.15, 0.2) is 23.1 Å². The van der Waals surface area contributed by atoms with Crippen molar-refractivity contribution in [2.75, 3.05) is 13.1 Å². The number of nitrogens with zero attached hydrogens (tertiary/aromatic N) is 1. The van der Waals surface area contributed by atoms with E-state index in [9.17, 15) is 13.5 Å². The number of sulfonamides is 1. The third kappa shape index (κ3) is 3.52. The summed E-state index contributed by atoms with van der Waals surface area (Å²) in [6, 6.07) is 4.50. The van der Waals surface area contributed by atoms with E-state index in [0.29, 0.717) is 29.6 Å². The molecule has 0 aliphatic heterocycles. The fourth-order valence-corrected chi connectivity index (χ4v) is 3.97. The Kier molecular flexibility index (Phi) is 5.07. The SMILES string of the molecule is CCCN(CC1CC1)S(=O)(=O)c1ccc(Cl)c(CO)c1. The summed E-state index contributed by atoms with van der Waals surface area (Å²) in [5, 5.41) is 9.60. The molecule has 112 valence electrons.